The molecule has 0 amide bonds. The van der Waals surface area contributed by atoms with Gasteiger partial charge in [0.15, 0.2) is 0 Å². The van der Waals surface area contributed by atoms with Crippen LogP contribution in [0.15, 0.2) is 24.3 Å². The average Bonchev–Trinajstić information content (AvgIpc) is 2.63. The molecule has 0 saturated carbocycles. The summed E-state index contributed by atoms with van der Waals surface area (Å²) in [5.41, 5.74) is 2.25. The van der Waals surface area contributed by atoms with E-state index in [1.54, 1.807) is 0 Å². The van der Waals surface area contributed by atoms with Crippen LogP contribution >= 0.6 is 0 Å². The van der Waals surface area contributed by atoms with Gasteiger partial charge in [-0.3, -0.25) is 4.68 Å². The van der Waals surface area contributed by atoms with E-state index in [9.17, 15) is 5.11 Å². The van der Waals surface area contributed by atoms with Gasteiger partial charge in [0.25, 0.3) is 0 Å². The zero-order valence-electron chi connectivity index (χ0n) is 10.7. The number of nitrogens with zero attached hydrogens (tertiary/aromatic N) is 2. The van der Waals surface area contributed by atoms with Gasteiger partial charge in [-0.15, -0.1) is 0 Å². The molecule has 1 N–H and O–H groups in total. The van der Waals surface area contributed by atoms with Crippen molar-refractivity contribution in [2.24, 2.45) is 13.0 Å². The van der Waals surface area contributed by atoms with Gasteiger partial charge in [-0.2, -0.15) is 5.10 Å². The standard InChI is InChI=1S/C14H20N2O/c1-4-11(10(2)17)9-13-12-7-5-6-8-14(12)16(3)15-13/h5-8,10-11,17H,4,9H2,1-3H3. The first-order valence-corrected chi connectivity index (χ1v) is 6.22. The predicted molar refractivity (Wildman–Crippen MR) is 69.9 cm³/mol. The van der Waals surface area contributed by atoms with Crippen LogP contribution in [0.25, 0.3) is 10.9 Å². The third kappa shape index (κ3) is 2.34. The van der Waals surface area contributed by atoms with Crippen molar-refractivity contribution < 1.29 is 5.11 Å². The molecule has 0 aliphatic rings. The molecule has 1 aromatic heterocycles. The average molecular weight is 232 g/mol. The Morgan fingerprint density at radius 2 is 2.06 bits per heavy atom. The largest absolute Gasteiger partial charge is 0.393 e. The second-order valence-corrected chi connectivity index (χ2v) is 4.70. The summed E-state index contributed by atoms with van der Waals surface area (Å²) in [6, 6.07) is 8.25. The van der Waals surface area contributed by atoms with Crippen LogP contribution in [0.1, 0.15) is 26.0 Å². The Kier molecular flexibility index (Phi) is 3.48. The molecule has 92 valence electrons. The summed E-state index contributed by atoms with van der Waals surface area (Å²) in [5, 5.41) is 15.5. The van der Waals surface area contributed by atoms with E-state index in [4.69, 9.17) is 0 Å². The quantitative estimate of drug-likeness (QED) is 0.879. The molecule has 2 rings (SSSR count). The first-order valence-electron chi connectivity index (χ1n) is 6.22. The highest BCUT2D eigenvalue weighted by Gasteiger charge is 2.17. The van der Waals surface area contributed by atoms with Crippen molar-refractivity contribution in [2.75, 3.05) is 0 Å². The highest BCUT2D eigenvalue weighted by atomic mass is 16.3. The SMILES string of the molecule is CCC(Cc1nn(C)c2ccccc12)C(C)O. The van der Waals surface area contributed by atoms with E-state index in [-0.39, 0.29) is 12.0 Å². The normalized spacial score (nSPS) is 15.1. The molecule has 2 atom stereocenters. The smallest absolute Gasteiger partial charge is 0.0707 e. The minimum atomic E-state index is -0.277. The van der Waals surface area contributed by atoms with E-state index < -0.39 is 0 Å². The Hall–Kier alpha value is -1.35. The molecule has 0 bridgehead atoms. The fourth-order valence-electron chi connectivity index (χ4n) is 2.34. The summed E-state index contributed by atoms with van der Waals surface area (Å²) >= 11 is 0. The molecule has 0 aliphatic carbocycles. The Balaban J connectivity index is 2.36. The van der Waals surface area contributed by atoms with E-state index in [2.05, 4.69) is 24.2 Å². The number of para-hydroxylation sites is 1. The molecule has 0 spiro atoms. The van der Waals surface area contributed by atoms with E-state index >= 15 is 0 Å². The van der Waals surface area contributed by atoms with Crippen molar-refractivity contribution in [2.45, 2.75) is 32.8 Å². The van der Waals surface area contributed by atoms with Crippen LogP contribution in [0.4, 0.5) is 0 Å². The van der Waals surface area contributed by atoms with E-state index in [1.807, 2.05) is 30.8 Å². The van der Waals surface area contributed by atoms with Crippen LogP contribution in [0, 0.1) is 5.92 Å². The van der Waals surface area contributed by atoms with Gasteiger partial charge in [0.2, 0.25) is 0 Å². The lowest BCUT2D eigenvalue weighted by Gasteiger charge is -2.16. The number of benzene rings is 1. The van der Waals surface area contributed by atoms with E-state index in [0.717, 1.165) is 24.1 Å². The van der Waals surface area contributed by atoms with Crippen molar-refractivity contribution in [1.82, 2.24) is 9.78 Å². The van der Waals surface area contributed by atoms with Gasteiger partial charge in [0.1, 0.15) is 0 Å². The van der Waals surface area contributed by atoms with Crippen molar-refractivity contribution in [3.05, 3.63) is 30.0 Å². The highest BCUT2D eigenvalue weighted by Crippen LogP contribution is 2.22. The lowest BCUT2D eigenvalue weighted by molar-refractivity contribution is 0.122. The maximum Gasteiger partial charge on any atom is 0.0707 e. The lowest BCUT2D eigenvalue weighted by atomic mass is 9.94. The first-order chi connectivity index (χ1) is 8.13. The topological polar surface area (TPSA) is 38.0 Å². The fraction of sp³-hybridized carbons (Fsp3) is 0.500. The van der Waals surface area contributed by atoms with Crippen LogP contribution in [0.3, 0.4) is 0 Å². The number of fused-ring (bicyclic) bond motifs is 1. The van der Waals surface area contributed by atoms with Gasteiger partial charge >= 0.3 is 0 Å². The molecule has 0 aliphatic heterocycles. The zero-order valence-corrected chi connectivity index (χ0v) is 10.7. The Morgan fingerprint density at radius 3 is 2.71 bits per heavy atom. The van der Waals surface area contributed by atoms with Gasteiger partial charge in [0, 0.05) is 12.4 Å². The number of aliphatic hydroxyl groups is 1. The molecule has 1 aromatic carbocycles. The van der Waals surface area contributed by atoms with Gasteiger partial charge in [0.05, 0.1) is 17.3 Å². The molecule has 3 nitrogen and oxygen atoms in total. The number of hydrogen-bond acceptors (Lipinski definition) is 2. The summed E-state index contributed by atoms with van der Waals surface area (Å²) < 4.78 is 1.92. The van der Waals surface area contributed by atoms with E-state index in [1.165, 1.54) is 5.39 Å². The molecule has 1 heterocycles. The summed E-state index contributed by atoms with van der Waals surface area (Å²) in [4.78, 5) is 0. The molecule has 0 radical (unpaired) electrons. The molecule has 0 fully saturated rings. The van der Waals surface area contributed by atoms with Crippen molar-refractivity contribution >= 4 is 10.9 Å². The maximum absolute atomic E-state index is 9.72. The molecule has 17 heavy (non-hydrogen) atoms. The number of aromatic nitrogens is 2. The number of aliphatic hydroxyl groups excluding tert-OH is 1. The van der Waals surface area contributed by atoms with Gasteiger partial charge in [-0.25, -0.2) is 0 Å². The third-order valence-corrected chi connectivity index (χ3v) is 3.50. The third-order valence-electron chi connectivity index (χ3n) is 3.50. The maximum atomic E-state index is 9.72. The predicted octanol–water partition coefficient (Wildman–Crippen LogP) is 2.52. The highest BCUT2D eigenvalue weighted by molar-refractivity contribution is 5.81. The number of rotatable bonds is 4. The van der Waals surface area contributed by atoms with Crippen molar-refractivity contribution in [1.29, 1.82) is 0 Å². The number of aryl methyl sites for hydroxylation is 1. The minimum absolute atomic E-state index is 0.277. The molecule has 2 aromatic rings. The van der Waals surface area contributed by atoms with Crippen molar-refractivity contribution in [3.8, 4) is 0 Å². The summed E-state index contributed by atoms with van der Waals surface area (Å²) in [7, 11) is 1.97. The van der Waals surface area contributed by atoms with E-state index in [0.29, 0.717) is 0 Å². The second kappa shape index (κ2) is 4.88. The van der Waals surface area contributed by atoms with Crippen LogP contribution in [0.5, 0.6) is 0 Å². The molecule has 2 unspecified atom stereocenters. The van der Waals surface area contributed by atoms with Crippen molar-refractivity contribution in [3.63, 3.8) is 0 Å². The summed E-state index contributed by atoms with van der Waals surface area (Å²) in [6.45, 7) is 3.97. The Morgan fingerprint density at radius 1 is 1.35 bits per heavy atom. The van der Waals surface area contributed by atoms with Gasteiger partial charge < -0.3 is 5.11 Å². The number of hydrogen-bond donors (Lipinski definition) is 1. The zero-order chi connectivity index (χ0) is 12.4. The van der Waals surface area contributed by atoms with Crippen LogP contribution in [-0.4, -0.2) is 21.0 Å². The molecular weight excluding hydrogens is 212 g/mol. The first kappa shape index (κ1) is 12.1. The lowest BCUT2D eigenvalue weighted by Crippen LogP contribution is -2.18. The van der Waals surface area contributed by atoms with Gasteiger partial charge in [-0.05, 0) is 25.3 Å². The van der Waals surface area contributed by atoms with Crippen LogP contribution < -0.4 is 0 Å². The van der Waals surface area contributed by atoms with Crippen LogP contribution in [-0.2, 0) is 13.5 Å². The Labute approximate surface area is 102 Å². The molecular formula is C14H20N2O. The second-order valence-electron chi connectivity index (χ2n) is 4.70. The summed E-state index contributed by atoms with van der Waals surface area (Å²) in [5.74, 6) is 0.285. The van der Waals surface area contributed by atoms with Crippen LogP contribution in [0.2, 0.25) is 0 Å². The summed E-state index contributed by atoms with van der Waals surface area (Å²) in [6.07, 6.45) is 1.54. The monoisotopic (exact) mass is 232 g/mol. The van der Waals surface area contributed by atoms with Gasteiger partial charge in [-0.1, -0.05) is 31.5 Å². The minimum Gasteiger partial charge on any atom is -0.393 e. The molecule has 3 heteroatoms. The molecule has 0 saturated heterocycles. The Bertz CT molecular complexity index is 502. The fourth-order valence-corrected chi connectivity index (χ4v) is 2.34.